The molecule has 0 saturated heterocycles. The monoisotopic (exact) mass is 379 g/mol. The third-order valence-corrected chi connectivity index (χ3v) is 7.67. The van der Waals surface area contributed by atoms with Gasteiger partial charge in [-0.15, -0.1) is 0 Å². The number of nitriles is 1. The molecule has 28 heavy (non-hydrogen) atoms. The van der Waals surface area contributed by atoms with Crippen molar-refractivity contribution in [2.24, 2.45) is 11.8 Å². The van der Waals surface area contributed by atoms with Gasteiger partial charge in [0.2, 0.25) is 0 Å². The van der Waals surface area contributed by atoms with E-state index in [0.717, 1.165) is 36.5 Å². The van der Waals surface area contributed by atoms with Gasteiger partial charge in [-0.2, -0.15) is 5.26 Å². The summed E-state index contributed by atoms with van der Waals surface area (Å²) in [5, 5.41) is 8.62. The number of unbranched alkanes of at least 4 members (excludes halogenated alkanes) is 3. The molecule has 0 heterocycles. The van der Waals surface area contributed by atoms with Gasteiger partial charge in [-0.05, 0) is 92.6 Å². The van der Waals surface area contributed by atoms with E-state index in [9.17, 15) is 0 Å². The minimum absolute atomic E-state index is 0.739. The molecule has 2 fully saturated rings. The van der Waals surface area contributed by atoms with E-state index in [0.29, 0.717) is 0 Å². The first kappa shape index (κ1) is 21.4. The highest BCUT2D eigenvalue weighted by atomic mass is 14.3. The third-order valence-electron chi connectivity index (χ3n) is 7.67. The van der Waals surface area contributed by atoms with Crippen LogP contribution in [0.4, 0.5) is 0 Å². The summed E-state index contributed by atoms with van der Waals surface area (Å²) >= 11 is 0. The van der Waals surface area contributed by atoms with Crippen LogP contribution in [0, 0.1) is 23.2 Å². The molecule has 0 amide bonds. The Morgan fingerprint density at radius 3 is 1.68 bits per heavy atom. The molecule has 2 aliphatic rings. The van der Waals surface area contributed by atoms with Crippen molar-refractivity contribution in [3.63, 3.8) is 0 Å². The Balaban J connectivity index is 1.39. The summed E-state index contributed by atoms with van der Waals surface area (Å²) in [6.07, 6.45) is 19.9. The fourth-order valence-corrected chi connectivity index (χ4v) is 5.83. The second-order valence-electron chi connectivity index (χ2n) is 9.65. The maximum atomic E-state index is 8.62. The molecular weight excluding hydrogens is 338 g/mol. The predicted molar refractivity (Wildman–Crippen MR) is 119 cm³/mol. The highest BCUT2D eigenvalue weighted by molar-refractivity contribution is 5.28. The van der Waals surface area contributed by atoms with Crippen molar-refractivity contribution in [2.75, 3.05) is 0 Å². The van der Waals surface area contributed by atoms with E-state index in [-0.39, 0.29) is 0 Å². The predicted octanol–water partition coefficient (Wildman–Crippen LogP) is 8.51. The maximum absolute atomic E-state index is 8.62. The van der Waals surface area contributed by atoms with Gasteiger partial charge in [0.25, 0.3) is 0 Å². The zero-order valence-corrected chi connectivity index (χ0v) is 18.2. The molecule has 0 bridgehead atoms. The smallest absolute Gasteiger partial charge is 0.0621 e. The van der Waals surface area contributed by atoms with Crippen LogP contribution in [0.15, 0.2) is 24.3 Å². The van der Waals surface area contributed by atoms with Crippen LogP contribution in [0.1, 0.15) is 126 Å². The minimum Gasteiger partial charge on any atom is -0.198 e. The van der Waals surface area contributed by atoms with E-state index in [4.69, 9.17) is 5.26 Å². The second-order valence-corrected chi connectivity index (χ2v) is 9.65. The average molecular weight is 380 g/mol. The first-order valence-electron chi connectivity index (χ1n) is 12.3. The quantitative estimate of drug-likeness (QED) is 0.394. The fourth-order valence-electron chi connectivity index (χ4n) is 5.83. The molecule has 0 atom stereocenters. The number of rotatable bonds is 9. The van der Waals surface area contributed by atoms with Crippen LogP contribution in [-0.4, -0.2) is 0 Å². The van der Waals surface area contributed by atoms with E-state index in [1.54, 1.807) is 11.1 Å². The average Bonchev–Trinajstić information content (AvgIpc) is 2.75. The molecule has 0 spiro atoms. The standard InChI is InChI=1S/C27H41N/c1-2-7-22-9-13-24(14-10-22)26-17-19-27(20-18-26)25-15-11-23(12-16-25)8-5-3-4-6-21-28/h17-20,22-25H,2-16H2,1H3. The Hall–Kier alpha value is -1.29. The summed E-state index contributed by atoms with van der Waals surface area (Å²) in [6.45, 7) is 2.33. The van der Waals surface area contributed by atoms with E-state index >= 15 is 0 Å². The van der Waals surface area contributed by atoms with Gasteiger partial charge in [-0.3, -0.25) is 0 Å². The molecule has 0 radical (unpaired) electrons. The largest absolute Gasteiger partial charge is 0.198 e. The SMILES string of the molecule is CCCC1CCC(c2ccc(C3CCC(CCCCCC#N)CC3)cc2)CC1. The molecule has 0 N–H and O–H groups in total. The summed E-state index contributed by atoms with van der Waals surface area (Å²) < 4.78 is 0. The normalized spacial score (nSPS) is 28.0. The summed E-state index contributed by atoms with van der Waals surface area (Å²) in [5.74, 6) is 3.56. The summed E-state index contributed by atoms with van der Waals surface area (Å²) in [6, 6.07) is 12.1. The zero-order chi connectivity index (χ0) is 19.6. The minimum atomic E-state index is 0.739. The zero-order valence-electron chi connectivity index (χ0n) is 18.2. The van der Waals surface area contributed by atoms with E-state index in [2.05, 4.69) is 37.3 Å². The van der Waals surface area contributed by atoms with Gasteiger partial charge in [0.15, 0.2) is 0 Å². The molecule has 1 aromatic carbocycles. The summed E-state index contributed by atoms with van der Waals surface area (Å²) in [4.78, 5) is 0. The van der Waals surface area contributed by atoms with Crippen LogP contribution in [0.5, 0.6) is 0 Å². The molecule has 2 saturated carbocycles. The van der Waals surface area contributed by atoms with Crippen LogP contribution < -0.4 is 0 Å². The van der Waals surface area contributed by atoms with E-state index in [1.807, 2.05) is 0 Å². The fraction of sp³-hybridized carbons (Fsp3) is 0.741. The van der Waals surface area contributed by atoms with Gasteiger partial charge in [0.1, 0.15) is 0 Å². The lowest BCUT2D eigenvalue weighted by molar-refractivity contribution is 0.302. The number of benzene rings is 1. The maximum Gasteiger partial charge on any atom is 0.0621 e. The Bertz CT molecular complexity index is 580. The van der Waals surface area contributed by atoms with Crippen LogP contribution in [0.25, 0.3) is 0 Å². The lowest BCUT2D eigenvalue weighted by atomic mass is 9.75. The van der Waals surface area contributed by atoms with Gasteiger partial charge in [-0.25, -0.2) is 0 Å². The van der Waals surface area contributed by atoms with Gasteiger partial charge < -0.3 is 0 Å². The van der Waals surface area contributed by atoms with Crippen molar-refractivity contribution < 1.29 is 0 Å². The molecule has 2 aliphatic carbocycles. The lowest BCUT2D eigenvalue weighted by Gasteiger charge is -2.30. The molecule has 1 aromatic rings. The molecular formula is C27H41N. The molecule has 154 valence electrons. The van der Waals surface area contributed by atoms with Crippen LogP contribution in [0.2, 0.25) is 0 Å². The Labute approximate surface area is 173 Å². The first-order valence-corrected chi connectivity index (χ1v) is 12.3. The van der Waals surface area contributed by atoms with Gasteiger partial charge in [-0.1, -0.05) is 63.3 Å². The highest BCUT2D eigenvalue weighted by Crippen LogP contribution is 2.40. The van der Waals surface area contributed by atoms with Crippen molar-refractivity contribution in [1.82, 2.24) is 0 Å². The molecule has 0 unspecified atom stereocenters. The van der Waals surface area contributed by atoms with Gasteiger partial charge >= 0.3 is 0 Å². The van der Waals surface area contributed by atoms with Crippen LogP contribution in [-0.2, 0) is 0 Å². The Kier molecular flexibility index (Phi) is 8.91. The molecule has 0 aliphatic heterocycles. The number of hydrogen-bond acceptors (Lipinski definition) is 1. The molecule has 3 rings (SSSR count). The van der Waals surface area contributed by atoms with E-state index in [1.165, 1.54) is 83.5 Å². The van der Waals surface area contributed by atoms with Crippen molar-refractivity contribution in [1.29, 1.82) is 5.26 Å². The number of hydrogen-bond donors (Lipinski definition) is 0. The summed E-state index contributed by atoms with van der Waals surface area (Å²) in [5.41, 5.74) is 3.20. The molecule has 1 nitrogen and oxygen atoms in total. The Morgan fingerprint density at radius 2 is 1.21 bits per heavy atom. The van der Waals surface area contributed by atoms with Crippen molar-refractivity contribution >= 4 is 0 Å². The lowest BCUT2D eigenvalue weighted by Crippen LogP contribution is -2.14. The summed E-state index contributed by atoms with van der Waals surface area (Å²) in [7, 11) is 0. The highest BCUT2D eigenvalue weighted by Gasteiger charge is 2.24. The topological polar surface area (TPSA) is 23.8 Å². The van der Waals surface area contributed by atoms with Crippen LogP contribution in [0.3, 0.4) is 0 Å². The van der Waals surface area contributed by atoms with Gasteiger partial charge in [0.05, 0.1) is 6.07 Å². The van der Waals surface area contributed by atoms with Crippen molar-refractivity contribution in [2.45, 2.75) is 115 Å². The third kappa shape index (κ3) is 6.37. The van der Waals surface area contributed by atoms with Crippen molar-refractivity contribution in [3.8, 4) is 6.07 Å². The van der Waals surface area contributed by atoms with Crippen molar-refractivity contribution in [3.05, 3.63) is 35.4 Å². The number of nitrogens with zero attached hydrogens (tertiary/aromatic N) is 1. The first-order chi connectivity index (χ1) is 13.8. The Morgan fingerprint density at radius 1 is 0.714 bits per heavy atom. The van der Waals surface area contributed by atoms with E-state index < -0.39 is 0 Å². The molecule has 0 aromatic heterocycles. The second kappa shape index (κ2) is 11.6. The van der Waals surface area contributed by atoms with Crippen LogP contribution >= 0.6 is 0 Å². The van der Waals surface area contributed by atoms with Gasteiger partial charge in [0, 0.05) is 6.42 Å². The molecule has 1 heteroatoms.